The van der Waals surface area contributed by atoms with Crippen LogP contribution in [0.25, 0.3) is 0 Å². The van der Waals surface area contributed by atoms with E-state index in [-0.39, 0.29) is 6.61 Å². The lowest BCUT2D eigenvalue weighted by atomic mass is 10.1. The molecule has 84 valence electrons. The number of benzene rings is 1. The molecule has 1 atom stereocenters. The second-order valence-electron chi connectivity index (χ2n) is 3.33. The van der Waals surface area contributed by atoms with Gasteiger partial charge in [0.05, 0.1) is 0 Å². The summed E-state index contributed by atoms with van der Waals surface area (Å²) in [6.45, 7) is 2.03. The van der Waals surface area contributed by atoms with Crippen LogP contribution < -0.4 is 0 Å². The van der Waals surface area contributed by atoms with Crippen LogP contribution in [0.1, 0.15) is 24.2 Å². The van der Waals surface area contributed by atoms with E-state index in [0.29, 0.717) is 5.56 Å². The molecule has 3 heteroatoms. The van der Waals surface area contributed by atoms with Crippen molar-refractivity contribution < 1.29 is 14.6 Å². The molecule has 1 aromatic rings. The molecule has 0 amide bonds. The van der Waals surface area contributed by atoms with Crippen LogP contribution in [0.2, 0.25) is 0 Å². The molecule has 0 spiro atoms. The summed E-state index contributed by atoms with van der Waals surface area (Å²) in [7, 11) is 0. The number of rotatable bonds is 5. The lowest BCUT2D eigenvalue weighted by Gasteiger charge is -2.12. The molecule has 0 heterocycles. The van der Waals surface area contributed by atoms with E-state index in [1.807, 2.05) is 19.1 Å². The summed E-state index contributed by atoms with van der Waals surface area (Å²) in [6, 6.07) is 7.30. The minimum absolute atomic E-state index is 0.00744. The monoisotopic (exact) mass is 218 g/mol. The molecular weight excluding hydrogens is 204 g/mol. The number of hydrogen-bond donors (Lipinski definition) is 1. The Morgan fingerprint density at radius 3 is 2.56 bits per heavy atom. The third kappa shape index (κ3) is 3.11. The van der Waals surface area contributed by atoms with Crippen LogP contribution in [0.15, 0.2) is 24.3 Å². The first kappa shape index (κ1) is 12.3. The zero-order valence-electron chi connectivity index (χ0n) is 9.14. The van der Waals surface area contributed by atoms with Crippen LogP contribution in [-0.2, 0) is 16.0 Å². The van der Waals surface area contributed by atoms with Gasteiger partial charge < -0.3 is 9.84 Å². The first-order valence-electron chi connectivity index (χ1n) is 5.05. The standard InChI is InChI=1S/C13H14O3/c1-3-9-16-12(13(14)15)11-7-5-10(4-2)6-8-11/h1,5-8,12H,4,9H2,2H3,(H,14,15). The fraction of sp³-hybridized carbons (Fsp3) is 0.308. The molecule has 0 saturated carbocycles. The molecule has 0 radical (unpaired) electrons. The minimum Gasteiger partial charge on any atom is -0.479 e. The van der Waals surface area contributed by atoms with Gasteiger partial charge in [-0.15, -0.1) is 6.42 Å². The molecule has 1 aromatic carbocycles. The highest BCUT2D eigenvalue weighted by Crippen LogP contribution is 2.18. The van der Waals surface area contributed by atoms with Crippen molar-refractivity contribution in [2.24, 2.45) is 0 Å². The molecule has 0 aromatic heterocycles. The van der Waals surface area contributed by atoms with Gasteiger partial charge in [-0.25, -0.2) is 4.79 Å². The van der Waals surface area contributed by atoms with Gasteiger partial charge in [-0.3, -0.25) is 0 Å². The zero-order valence-corrected chi connectivity index (χ0v) is 9.14. The van der Waals surface area contributed by atoms with Gasteiger partial charge in [0.15, 0.2) is 6.10 Å². The summed E-state index contributed by atoms with van der Waals surface area (Å²) in [5.74, 6) is 1.23. The summed E-state index contributed by atoms with van der Waals surface area (Å²) in [5, 5.41) is 8.99. The van der Waals surface area contributed by atoms with E-state index in [1.54, 1.807) is 12.1 Å². The van der Waals surface area contributed by atoms with Crippen molar-refractivity contribution in [1.82, 2.24) is 0 Å². The van der Waals surface area contributed by atoms with Crippen LogP contribution in [0.5, 0.6) is 0 Å². The van der Waals surface area contributed by atoms with E-state index in [9.17, 15) is 4.79 Å². The fourth-order valence-electron chi connectivity index (χ4n) is 1.37. The van der Waals surface area contributed by atoms with Crippen molar-refractivity contribution in [1.29, 1.82) is 0 Å². The van der Waals surface area contributed by atoms with Crippen LogP contribution in [0.3, 0.4) is 0 Å². The quantitative estimate of drug-likeness (QED) is 0.769. The molecule has 0 aliphatic rings. The van der Waals surface area contributed by atoms with Crippen molar-refractivity contribution >= 4 is 5.97 Å². The van der Waals surface area contributed by atoms with Gasteiger partial charge >= 0.3 is 5.97 Å². The van der Waals surface area contributed by atoms with Gasteiger partial charge in [-0.05, 0) is 17.5 Å². The highest BCUT2D eigenvalue weighted by molar-refractivity contribution is 5.74. The van der Waals surface area contributed by atoms with Gasteiger partial charge in [0, 0.05) is 0 Å². The molecule has 0 bridgehead atoms. The molecular formula is C13H14O3. The number of terminal acetylenes is 1. The van der Waals surface area contributed by atoms with Gasteiger partial charge in [0.25, 0.3) is 0 Å². The van der Waals surface area contributed by atoms with E-state index in [0.717, 1.165) is 12.0 Å². The molecule has 1 unspecified atom stereocenters. The maximum Gasteiger partial charge on any atom is 0.337 e. The highest BCUT2D eigenvalue weighted by atomic mass is 16.5. The van der Waals surface area contributed by atoms with Crippen molar-refractivity contribution in [2.75, 3.05) is 6.61 Å². The molecule has 0 aliphatic carbocycles. The predicted octanol–water partition coefficient (Wildman–Crippen LogP) is 2.02. The minimum atomic E-state index is -1.03. The summed E-state index contributed by atoms with van der Waals surface area (Å²) in [5.41, 5.74) is 1.77. The number of aliphatic carboxylic acids is 1. The maximum atomic E-state index is 11.0. The number of ether oxygens (including phenoxy) is 1. The topological polar surface area (TPSA) is 46.5 Å². The fourth-order valence-corrected chi connectivity index (χ4v) is 1.37. The van der Waals surface area contributed by atoms with Gasteiger partial charge in [-0.2, -0.15) is 0 Å². The van der Waals surface area contributed by atoms with E-state index >= 15 is 0 Å². The zero-order chi connectivity index (χ0) is 12.0. The lowest BCUT2D eigenvalue weighted by Crippen LogP contribution is -2.15. The van der Waals surface area contributed by atoms with E-state index < -0.39 is 12.1 Å². The Morgan fingerprint density at radius 2 is 2.12 bits per heavy atom. The molecule has 0 aliphatic heterocycles. The molecule has 0 fully saturated rings. The average Bonchev–Trinajstić information content (AvgIpc) is 2.30. The Kier molecular flexibility index (Phi) is 4.56. The Hall–Kier alpha value is -1.79. The van der Waals surface area contributed by atoms with Crippen molar-refractivity contribution in [2.45, 2.75) is 19.4 Å². The molecule has 1 N–H and O–H groups in total. The van der Waals surface area contributed by atoms with Crippen LogP contribution >= 0.6 is 0 Å². The van der Waals surface area contributed by atoms with Crippen molar-refractivity contribution in [3.05, 3.63) is 35.4 Å². The summed E-state index contributed by atoms with van der Waals surface area (Å²) < 4.78 is 5.08. The number of carbonyl (C=O) groups is 1. The Balaban J connectivity index is 2.84. The number of carboxylic acids is 1. The van der Waals surface area contributed by atoms with E-state index in [4.69, 9.17) is 16.3 Å². The first-order chi connectivity index (χ1) is 7.69. The molecule has 3 nitrogen and oxygen atoms in total. The smallest absolute Gasteiger partial charge is 0.337 e. The van der Waals surface area contributed by atoms with Crippen LogP contribution in [-0.4, -0.2) is 17.7 Å². The number of carboxylic acid groups (broad SMARTS) is 1. The second kappa shape index (κ2) is 5.94. The summed E-state index contributed by atoms with van der Waals surface area (Å²) >= 11 is 0. The average molecular weight is 218 g/mol. The predicted molar refractivity (Wildman–Crippen MR) is 61.0 cm³/mol. The lowest BCUT2D eigenvalue weighted by molar-refractivity contribution is -0.149. The van der Waals surface area contributed by atoms with Crippen molar-refractivity contribution in [3.8, 4) is 12.3 Å². The summed E-state index contributed by atoms with van der Waals surface area (Å²) in [4.78, 5) is 11.0. The Bertz CT molecular complexity index is 387. The van der Waals surface area contributed by atoms with Gasteiger partial charge in [-0.1, -0.05) is 37.1 Å². The molecule has 1 rings (SSSR count). The van der Waals surface area contributed by atoms with Crippen LogP contribution in [0, 0.1) is 12.3 Å². The first-order valence-corrected chi connectivity index (χ1v) is 5.05. The number of hydrogen-bond acceptors (Lipinski definition) is 2. The molecule has 0 saturated heterocycles. The van der Waals surface area contributed by atoms with E-state index in [1.165, 1.54) is 0 Å². The largest absolute Gasteiger partial charge is 0.479 e. The number of aryl methyl sites for hydroxylation is 1. The molecule has 16 heavy (non-hydrogen) atoms. The summed E-state index contributed by atoms with van der Waals surface area (Å²) in [6.07, 6.45) is 4.97. The third-order valence-electron chi connectivity index (χ3n) is 2.25. The van der Waals surface area contributed by atoms with Gasteiger partial charge in [0.2, 0.25) is 0 Å². The maximum absolute atomic E-state index is 11.0. The Labute approximate surface area is 95.1 Å². The highest BCUT2D eigenvalue weighted by Gasteiger charge is 2.19. The SMILES string of the molecule is C#CCOC(C(=O)O)c1ccc(CC)cc1. The second-order valence-corrected chi connectivity index (χ2v) is 3.33. The normalized spacial score (nSPS) is 11.8. The van der Waals surface area contributed by atoms with E-state index in [2.05, 4.69) is 5.92 Å². The third-order valence-corrected chi connectivity index (χ3v) is 2.25. The van der Waals surface area contributed by atoms with Gasteiger partial charge in [0.1, 0.15) is 6.61 Å². The van der Waals surface area contributed by atoms with Crippen LogP contribution in [0.4, 0.5) is 0 Å². The van der Waals surface area contributed by atoms with Crippen molar-refractivity contribution in [3.63, 3.8) is 0 Å². The Morgan fingerprint density at radius 1 is 1.50 bits per heavy atom.